The summed E-state index contributed by atoms with van der Waals surface area (Å²) in [5, 5.41) is 8.23. The van der Waals surface area contributed by atoms with E-state index >= 15 is 0 Å². The second-order valence-corrected chi connectivity index (χ2v) is 3.76. The molecular formula is C10H18O3. The van der Waals surface area contributed by atoms with Crippen LogP contribution in [0.15, 0.2) is 0 Å². The van der Waals surface area contributed by atoms with E-state index in [0.29, 0.717) is 6.61 Å². The molecule has 3 nitrogen and oxygen atoms in total. The predicted octanol–water partition coefficient (Wildman–Crippen LogP) is 3.04. The van der Waals surface area contributed by atoms with Crippen LogP contribution < -0.4 is 0 Å². The molecule has 3 heteroatoms. The summed E-state index contributed by atoms with van der Waals surface area (Å²) >= 11 is 0. The van der Waals surface area contributed by atoms with E-state index in [4.69, 9.17) is 5.11 Å². The van der Waals surface area contributed by atoms with Crippen molar-refractivity contribution in [3.05, 3.63) is 0 Å². The Balaban J connectivity index is 1.95. The van der Waals surface area contributed by atoms with Gasteiger partial charge in [-0.25, -0.2) is 4.79 Å². The van der Waals surface area contributed by atoms with Crippen LogP contribution in [0.1, 0.15) is 44.9 Å². The average molecular weight is 186 g/mol. The highest BCUT2D eigenvalue weighted by Crippen LogP contribution is 2.27. The summed E-state index contributed by atoms with van der Waals surface area (Å²) < 4.78 is 4.45. The maximum absolute atomic E-state index is 10.0. The number of carbonyl (C=O) groups is 1. The Kier molecular flexibility index (Phi) is 4.65. The van der Waals surface area contributed by atoms with E-state index in [1.807, 2.05) is 0 Å². The maximum atomic E-state index is 10.0. The van der Waals surface area contributed by atoms with Crippen LogP contribution in [0, 0.1) is 5.92 Å². The lowest BCUT2D eigenvalue weighted by atomic mass is 9.86. The molecule has 0 saturated heterocycles. The molecule has 0 aliphatic heterocycles. The number of rotatable bonds is 4. The van der Waals surface area contributed by atoms with Crippen LogP contribution in [-0.2, 0) is 4.74 Å². The predicted molar refractivity (Wildman–Crippen MR) is 49.8 cm³/mol. The van der Waals surface area contributed by atoms with Crippen LogP contribution in [0.5, 0.6) is 0 Å². The zero-order chi connectivity index (χ0) is 9.52. The van der Waals surface area contributed by atoms with Gasteiger partial charge in [0.1, 0.15) is 0 Å². The molecule has 1 saturated carbocycles. The normalized spacial score (nSPS) is 18.5. The maximum Gasteiger partial charge on any atom is 0.505 e. The summed E-state index contributed by atoms with van der Waals surface area (Å²) in [6.45, 7) is 0.367. The molecule has 0 radical (unpaired) electrons. The number of ether oxygens (including phenoxy) is 1. The van der Waals surface area contributed by atoms with Gasteiger partial charge in [-0.2, -0.15) is 0 Å². The fourth-order valence-electron chi connectivity index (χ4n) is 2.01. The first-order chi connectivity index (χ1) is 6.29. The average Bonchev–Trinajstić information content (AvgIpc) is 2.14. The van der Waals surface area contributed by atoms with Crippen molar-refractivity contribution < 1.29 is 14.6 Å². The summed E-state index contributed by atoms with van der Waals surface area (Å²) in [5.74, 6) is 0.825. The molecule has 1 N–H and O–H groups in total. The molecule has 0 heterocycles. The van der Waals surface area contributed by atoms with Gasteiger partial charge in [-0.1, -0.05) is 32.1 Å². The lowest BCUT2D eigenvalue weighted by Crippen LogP contribution is -2.08. The molecular weight excluding hydrogens is 168 g/mol. The van der Waals surface area contributed by atoms with Gasteiger partial charge in [-0.05, 0) is 18.8 Å². The molecule has 1 fully saturated rings. The molecule has 0 amide bonds. The van der Waals surface area contributed by atoms with Gasteiger partial charge in [0, 0.05) is 0 Å². The second-order valence-electron chi connectivity index (χ2n) is 3.76. The molecule has 1 aliphatic carbocycles. The van der Waals surface area contributed by atoms with Crippen LogP contribution >= 0.6 is 0 Å². The quantitative estimate of drug-likeness (QED) is 0.542. The Labute approximate surface area is 79.1 Å². The van der Waals surface area contributed by atoms with Gasteiger partial charge in [0.2, 0.25) is 0 Å². The van der Waals surface area contributed by atoms with Crippen molar-refractivity contribution in [2.75, 3.05) is 6.61 Å². The van der Waals surface area contributed by atoms with E-state index < -0.39 is 6.16 Å². The van der Waals surface area contributed by atoms with Crippen molar-refractivity contribution in [1.82, 2.24) is 0 Å². The Bertz CT molecular complexity index is 150. The number of hydrogen-bond acceptors (Lipinski definition) is 2. The minimum atomic E-state index is -1.15. The van der Waals surface area contributed by atoms with Gasteiger partial charge in [0.25, 0.3) is 0 Å². The zero-order valence-corrected chi connectivity index (χ0v) is 8.00. The van der Waals surface area contributed by atoms with Crippen molar-refractivity contribution in [2.24, 2.45) is 5.92 Å². The highest BCUT2D eigenvalue weighted by molar-refractivity contribution is 5.56. The Hall–Kier alpha value is -0.730. The molecule has 0 atom stereocenters. The van der Waals surface area contributed by atoms with Crippen molar-refractivity contribution in [2.45, 2.75) is 44.9 Å². The van der Waals surface area contributed by atoms with Crippen LogP contribution in [0.3, 0.4) is 0 Å². The molecule has 0 aromatic heterocycles. The standard InChI is InChI=1S/C10H18O3/c11-10(12)13-8-4-7-9-5-2-1-3-6-9/h9H,1-8H2,(H,11,12). The lowest BCUT2D eigenvalue weighted by molar-refractivity contribution is 0.0882. The monoisotopic (exact) mass is 186 g/mol. The van der Waals surface area contributed by atoms with Gasteiger partial charge >= 0.3 is 6.16 Å². The summed E-state index contributed by atoms with van der Waals surface area (Å²) in [6, 6.07) is 0. The molecule has 0 bridgehead atoms. The highest BCUT2D eigenvalue weighted by atomic mass is 16.7. The van der Waals surface area contributed by atoms with E-state index in [0.717, 1.165) is 18.8 Å². The van der Waals surface area contributed by atoms with E-state index in [1.54, 1.807) is 0 Å². The molecule has 1 aliphatic rings. The van der Waals surface area contributed by atoms with Crippen LogP contribution in [-0.4, -0.2) is 17.9 Å². The fraction of sp³-hybridized carbons (Fsp3) is 0.900. The van der Waals surface area contributed by atoms with Crippen LogP contribution in [0.4, 0.5) is 4.79 Å². The van der Waals surface area contributed by atoms with Crippen LogP contribution in [0.25, 0.3) is 0 Å². The van der Waals surface area contributed by atoms with Gasteiger partial charge in [-0.3, -0.25) is 0 Å². The van der Waals surface area contributed by atoms with Gasteiger partial charge in [0.05, 0.1) is 6.61 Å². The van der Waals surface area contributed by atoms with Crippen molar-refractivity contribution in [3.63, 3.8) is 0 Å². The Morgan fingerprint density at radius 1 is 1.31 bits per heavy atom. The second kappa shape index (κ2) is 5.84. The van der Waals surface area contributed by atoms with E-state index in [1.165, 1.54) is 32.1 Å². The third kappa shape index (κ3) is 4.76. The highest BCUT2D eigenvalue weighted by Gasteiger charge is 2.12. The molecule has 0 aromatic carbocycles. The first-order valence-corrected chi connectivity index (χ1v) is 5.15. The Morgan fingerprint density at radius 3 is 2.62 bits per heavy atom. The topological polar surface area (TPSA) is 46.5 Å². The van der Waals surface area contributed by atoms with Gasteiger partial charge in [-0.15, -0.1) is 0 Å². The molecule has 0 unspecified atom stereocenters. The lowest BCUT2D eigenvalue weighted by Gasteiger charge is -2.20. The largest absolute Gasteiger partial charge is 0.505 e. The van der Waals surface area contributed by atoms with E-state index in [-0.39, 0.29) is 0 Å². The first-order valence-electron chi connectivity index (χ1n) is 5.15. The smallest absolute Gasteiger partial charge is 0.450 e. The molecule has 76 valence electrons. The molecule has 13 heavy (non-hydrogen) atoms. The van der Waals surface area contributed by atoms with Crippen molar-refractivity contribution in [1.29, 1.82) is 0 Å². The third-order valence-electron chi connectivity index (χ3n) is 2.71. The molecule has 0 spiro atoms. The minimum absolute atomic E-state index is 0.367. The SMILES string of the molecule is O=C(O)OCCCC1CCCCC1. The third-order valence-corrected chi connectivity index (χ3v) is 2.71. The zero-order valence-electron chi connectivity index (χ0n) is 8.00. The van der Waals surface area contributed by atoms with Gasteiger partial charge in [0.15, 0.2) is 0 Å². The van der Waals surface area contributed by atoms with E-state index in [2.05, 4.69) is 4.74 Å². The van der Waals surface area contributed by atoms with E-state index in [9.17, 15) is 4.79 Å². The molecule has 0 aromatic rings. The summed E-state index contributed by atoms with van der Waals surface area (Å²) in [7, 11) is 0. The van der Waals surface area contributed by atoms with Crippen LogP contribution in [0.2, 0.25) is 0 Å². The van der Waals surface area contributed by atoms with Crippen molar-refractivity contribution >= 4 is 6.16 Å². The summed E-state index contributed by atoms with van der Waals surface area (Å²) in [5.41, 5.74) is 0. The van der Waals surface area contributed by atoms with Gasteiger partial charge < -0.3 is 9.84 Å². The minimum Gasteiger partial charge on any atom is -0.450 e. The number of hydrogen-bond donors (Lipinski definition) is 1. The first kappa shape index (κ1) is 10.4. The fourth-order valence-corrected chi connectivity index (χ4v) is 2.01. The van der Waals surface area contributed by atoms with Crippen molar-refractivity contribution in [3.8, 4) is 0 Å². The molecule has 1 rings (SSSR count). The summed E-state index contributed by atoms with van der Waals surface area (Å²) in [4.78, 5) is 10.0. The number of carboxylic acid groups (broad SMARTS) is 1. The Morgan fingerprint density at radius 2 is 2.00 bits per heavy atom. The summed E-state index contributed by atoms with van der Waals surface area (Å²) in [6.07, 6.45) is 7.60.